The number of aromatic nitrogens is 4. The number of hydrogen-bond acceptors (Lipinski definition) is 7. The van der Waals surface area contributed by atoms with Crippen LogP contribution in [0.2, 0.25) is 0 Å². The molecule has 0 fully saturated rings. The Labute approximate surface area is 126 Å². The fourth-order valence-electron chi connectivity index (χ4n) is 2.30. The molecule has 8 nitrogen and oxygen atoms in total. The average molecular weight is 307 g/mol. The summed E-state index contributed by atoms with van der Waals surface area (Å²) in [4.78, 5) is 14.4. The number of nitrogen functional groups attached to an aromatic ring is 1. The van der Waals surface area contributed by atoms with Crippen molar-refractivity contribution in [1.29, 1.82) is 0 Å². The van der Waals surface area contributed by atoms with Gasteiger partial charge in [-0.05, 0) is 25.4 Å². The van der Waals surface area contributed by atoms with Crippen LogP contribution in [-0.4, -0.2) is 37.6 Å². The molecule has 0 unspecified atom stereocenters. The first-order valence-corrected chi connectivity index (χ1v) is 7.51. The summed E-state index contributed by atoms with van der Waals surface area (Å²) in [5.41, 5.74) is 6.34. The Bertz CT molecular complexity index is 662. The largest absolute Gasteiger partial charge is 0.382 e. The second-order valence-electron chi connectivity index (χ2n) is 5.24. The van der Waals surface area contributed by atoms with E-state index in [1.807, 2.05) is 18.4 Å². The molecule has 0 aromatic carbocycles. The van der Waals surface area contributed by atoms with Crippen LogP contribution in [0.5, 0.6) is 0 Å². The molecule has 3 heterocycles. The number of anilines is 2. The van der Waals surface area contributed by atoms with Crippen LogP contribution >= 0.6 is 11.5 Å². The van der Waals surface area contributed by atoms with Gasteiger partial charge in [-0.25, -0.2) is 0 Å². The van der Waals surface area contributed by atoms with Crippen LogP contribution in [-0.2, 0) is 13.1 Å². The Hall–Kier alpha value is -2.16. The van der Waals surface area contributed by atoms with Gasteiger partial charge in [0.1, 0.15) is 16.9 Å². The molecule has 0 saturated carbocycles. The Morgan fingerprint density at radius 2 is 2.29 bits per heavy atom. The van der Waals surface area contributed by atoms with Gasteiger partial charge in [0, 0.05) is 19.1 Å². The highest BCUT2D eigenvalue weighted by Crippen LogP contribution is 2.32. The Morgan fingerprint density at radius 1 is 1.48 bits per heavy atom. The zero-order valence-electron chi connectivity index (χ0n) is 11.9. The van der Waals surface area contributed by atoms with Crippen molar-refractivity contribution >= 4 is 28.3 Å². The van der Waals surface area contributed by atoms with Crippen molar-refractivity contribution in [3.05, 3.63) is 17.7 Å². The van der Waals surface area contributed by atoms with Gasteiger partial charge < -0.3 is 20.5 Å². The zero-order chi connectivity index (χ0) is 15.0. The van der Waals surface area contributed by atoms with E-state index in [2.05, 4.69) is 24.8 Å². The second-order valence-corrected chi connectivity index (χ2v) is 5.99. The highest BCUT2D eigenvalue weighted by Gasteiger charge is 2.27. The van der Waals surface area contributed by atoms with Crippen LogP contribution in [0.1, 0.15) is 30.0 Å². The van der Waals surface area contributed by atoms with E-state index in [9.17, 15) is 4.79 Å². The maximum Gasteiger partial charge on any atom is 0.258 e. The number of nitrogens with one attached hydrogen (secondary N) is 1. The minimum absolute atomic E-state index is 0.0501. The van der Waals surface area contributed by atoms with Crippen molar-refractivity contribution in [2.24, 2.45) is 0 Å². The zero-order valence-corrected chi connectivity index (χ0v) is 12.7. The molecule has 2 aromatic rings. The minimum Gasteiger partial charge on any atom is -0.382 e. The molecular weight excluding hydrogens is 290 g/mol. The third-order valence-corrected chi connectivity index (χ3v) is 4.20. The summed E-state index contributed by atoms with van der Waals surface area (Å²) in [5.74, 6) is 0.974. The van der Waals surface area contributed by atoms with Crippen LogP contribution in [0.25, 0.3) is 0 Å². The number of carbonyl (C=O) groups is 1. The van der Waals surface area contributed by atoms with E-state index in [1.54, 1.807) is 6.33 Å². The Kier molecular flexibility index (Phi) is 3.50. The van der Waals surface area contributed by atoms with Crippen molar-refractivity contribution in [1.82, 2.24) is 24.5 Å². The smallest absolute Gasteiger partial charge is 0.258 e. The lowest BCUT2D eigenvalue weighted by Crippen LogP contribution is -2.36. The normalized spacial score (nSPS) is 14.3. The lowest BCUT2D eigenvalue weighted by molar-refractivity contribution is 0.0944. The summed E-state index contributed by atoms with van der Waals surface area (Å²) in [6, 6.07) is 0.0501. The fraction of sp³-hybridized carbons (Fsp3) is 0.500. The van der Waals surface area contributed by atoms with Crippen LogP contribution in [0.15, 0.2) is 6.33 Å². The van der Waals surface area contributed by atoms with Gasteiger partial charge >= 0.3 is 0 Å². The van der Waals surface area contributed by atoms with Gasteiger partial charge in [-0.2, -0.15) is 4.37 Å². The molecule has 0 atom stereocenters. The van der Waals surface area contributed by atoms with Crippen LogP contribution in [0.4, 0.5) is 10.8 Å². The summed E-state index contributed by atoms with van der Waals surface area (Å²) in [5, 5.41) is 11.6. The first-order valence-electron chi connectivity index (χ1n) is 6.74. The molecule has 0 saturated heterocycles. The lowest BCUT2D eigenvalue weighted by atomic mass is 10.2. The quantitative estimate of drug-likeness (QED) is 0.855. The van der Waals surface area contributed by atoms with Gasteiger partial charge in [-0.15, -0.1) is 10.2 Å². The predicted molar refractivity (Wildman–Crippen MR) is 80.2 cm³/mol. The molecule has 112 valence electrons. The monoisotopic (exact) mass is 307 g/mol. The number of fused-ring (bicyclic) bond motifs is 1. The summed E-state index contributed by atoms with van der Waals surface area (Å²) in [7, 11) is 0. The van der Waals surface area contributed by atoms with E-state index in [0.717, 1.165) is 23.9 Å². The van der Waals surface area contributed by atoms with E-state index in [4.69, 9.17) is 5.73 Å². The molecule has 0 bridgehead atoms. The van der Waals surface area contributed by atoms with E-state index in [0.29, 0.717) is 12.1 Å². The average Bonchev–Trinajstić information content (AvgIpc) is 3.02. The van der Waals surface area contributed by atoms with E-state index >= 15 is 0 Å². The molecule has 1 aliphatic heterocycles. The van der Waals surface area contributed by atoms with Crippen molar-refractivity contribution in [3.63, 3.8) is 0 Å². The van der Waals surface area contributed by atoms with E-state index in [1.165, 1.54) is 11.5 Å². The lowest BCUT2D eigenvalue weighted by Gasteiger charge is -2.28. The van der Waals surface area contributed by atoms with Gasteiger partial charge in [0.25, 0.3) is 5.91 Å². The SMILES string of the molecule is CC(C)NC(=O)c1c(N)nsc1N1CCn2cnnc2C1. The molecule has 0 aliphatic carbocycles. The van der Waals surface area contributed by atoms with E-state index in [-0.39, 0.29) is 17.8 Å². The number of carbonyl (C=O) groups excluding carboxylic acids is 1. The summed E-state index contributed by atoms with van der Waals surface area (Å²) < 4.78 is 6.15. The Balaban J connectivity index is 1.88. The van der Waals surface area contributed by atoms with Gasteiger partial charge in [0.2, 0.25) is 0 Å². The third-order valence-electron chi connectivity index (χ3n) is 3.27. The number of rotatable bonds is 3. The number of amides is 1. The maximum atomic E-state index is 12.3. The molecule has 0 radical (unpaired) electrons. The van der Waals surface area contributed by atoms with Crippen molar-refractivity contribution in [3.8, 4) is 0 Å². The van der Waals surface area contributed by atoms with Crippen molar-refractivity contribution < 1.29 is 4.79 Å². The van der Waals surface area contributed by atoms with Gasteiger partial charge in [-0.3, -0.25) is 4.79 Å². The number of nitrogens with zero attached hydrogens (tertiary/aromatic N) is 5. The van der Waals surface area contributed by atoms with E-state index < -0.39 is 0 Å². The first kappa shape index (κ1) is 13.8. The summed E-state index contributed by atoms with van der Waals surface area (Å²) in [6.07, 6.45) is 1.72. The van der Waals surface area contributed by atoms with Gasteiger partial charge in [0.15, 0.2) is 11.6 Å². The van der Waals surface area contributed by atoms with Crippen LogP contribution in [0.3, 0.4) is 0 Å². The molecule has 21 heavy (non-hydrogen) atoms. The van der Waals surface area contributed by atoms with Crippen molar-refractivity contribution in [2.75, 3.05) is 17.2 Å². The number of hydrogen-bond donors (Lipinski definition) is 2. The predicted octanol–water partition coefficient (Wildman–Crippen LogP) is 0.475. The molecule has 3 N–H and O–H groups in total. The Morgan fingerprint density at radius 3 is 3.05 bits per heavy atom. The molecule has 2 aromatic heterocycles. The third kappa shape index (κ3) is 2.56. The minimum atomic E-state index is -0.182. The summed E-state index contributed by atoms with van der Waals surface area (Å²) >= 11 is 1.25. The molecular formula is C12H17N7OS. The molecule has 3 rings (SSSR count). The molecule has 1 amide bonds. The highest BCUT2D eigenvalue weighted by molar-refractivity contribution is 7.11. The number of nitrogens with two attached hydrogens (primary N) is 1. The molecule has 0 spiro atoms. The van der Waals surface area contributed by atoms with Crippen LogP contribution in [0, 0.1) is 0 Å². The first-order chi connectivity index (χ1) is 10.1. The fourth-order valence-corrected chi connectivity index (χ4v) is 3.13. The van der Waals surface area contributed by atoms with Gasteiger partial charge in [0.05, 0.1) is 6.54 Å². The maximum absolute atomic E-state index is 12.3. The second kappa shape index (κ2) is 5.32. The van der Waals surface area contributed by atoms with Gasteiger partial charge in [-0.1, -0.05) is 0 Å². The standard InChI is InChI=1S/C12H17N7OS/c1-7(2)15-11(20)9-10(13)17-21-12(9)18-3-4-19-6-14-16-8(19)5-18/h6-7H,3-5H2,1-2H3,(H2,13,17)(H,15,20). The summed E-state index contributed by atoms with van der Waals surface area (Å²) in [6.45, 7) is 5.98. The topological polar surface area (TPSA) is 102 Å². The van der Waals surface area contributed by atoms with Crippen molar-refractivity contribution in [2.45, 2.75) is 33.0 Å². The highest BCUT2D eigenvalue weighted by atomic mass is 32.1. The molecule has 9 heteroatoms. The molecule has 1 aliphatic rings. The van der Waals surface area contributed by atoms with Crippen LogP contribution < -0.4 is 16.0 Å².